The highest BCUT2D eigenvalue weighted by atomic mass is 79.9. The van der Waals surface area contributed by atoms with E-state index >= 15 is 0 Å². The number of hydrogen-bond acceptors (Lipinski definition) is 1. The Bertz CT molecular complexity index is 631. The summed E-state index contributed by atoms with van der Waals surface area (Å²) in [6, 6.07) is 6.87. The summed E-state index contributed by atoms with van der Waals surface area (Å²) in [5.41, 5.74) is 0.790. The van der Waals surface area contributed by atoms with E-state index in [-0.39, 0.29) is 11.1 Å². The Kier molecular flexibility index (Phi) is 4.23. The third-order valence-corrected chi connectivity index (χ3v) is 4.05. The van der Waals surface area contributed by atoms with Crippen LogP contribution in [0.1, 0.15) is 22.8 Å². The van der Waals surface area contributed by atoms with E-state index in [0.29, 0.717) is 15.1 Å². The first-order chi connectivity index (χ1) is 8.90. The first-order valence-corrected chi connectivity index (χ1v) is 6.66. The van der Waals surface area contributed by atoms with Gasteiger partial charge in [0.1, 0.15) is 17.7 Å². The quantitative estimate of drug-likeness (QED) is 0.829. The molecule has 1 nitrogen and oxygen atoms in total. The van der Waals surface area contributed by atoms with Gasteiger partial charge in [-0.2, -0.15) is 0 Å². The fourth-order valence-electron chi connectivity index (χ4n) is 1.75. The summed E-state index contributed by atoms with van der Waals surface area (Å²) in [6.07, 6.45) is -1.17. The molecule has 2 aromatic rings. The molecule has 0 bridgehead atoms. The fraction of sp³-hybridized carbons (Fsp3) is 0.143. The minimum atomic E-state index is -1.17. The van der Waals surface area contributed by atoms with Crippen LogP contribution in [0.2, 0.25) is 5.02 Å². The molecule has 0 saturated heterocycles. The lowest BCUT2D eigenvalue weighted by Crippen LogP contribution is -2.04. The van der Waals surface area contributed by atoms with Crippen molar-refractivity contribution in [3.63, 3.8) is 0 Å². The molecule has 0 amide bonds. The highest BCUT2D eigenvalue weighted by Gasteiger charge is 2.17. The highest BCUT2D eigenvalue weighted by Crippen LogP contribution is 2.30. The number of aliphatic hydroxyl groups is 1. The first-order valence-electron chi connectivity index (χ1n) is 5.48. The molecule has 0 aliphatic heterocycles. The van der Waals surface area contributed by atoms with Crippen molar-refractivity contribution in [2.75, 3.05) is 0 Å². The van der Waals surface area contributed by atoms with Crippen molar-refractivity contribution in [1.29, 1.82) is 0 Å². The average molecular weight is 348 g/mol. The third-order valence-electron chi connectivity index (χ3n) is 2.83. The minimum absolute atomic E-state index is 0.0353. The molecule has 0 heterocycles. The Balaban J connectivity index is 2.46. The standard InChI is InChI=1S/C14H10BrClF2O/c1-7-4-9(13(18)6-12(7)17)14(19)8-2-3-11(16)10(15)5-8/h2-6,14,19H,1H3. The van der Waals surface area contributed by atoms with E-state index in [4.69, 9.17) is 11.6 Å². The van der Waals surface area contributed by atoms with Gasteiger partial charge < -0.3 is 5.11 Å². The van der Waals surface area contributed by atoms with Gasteiger partial charge in [-0.15, -0.1) is 0 Å². The van der Waals surface area contributed by atoms with Crippen molar-refractivity contribution in [3.05, 3.63) is 68.2 Å². The van der Waals surface area contributed by atoms with Gasteiger partial charge in [0.25, 0.3) is 0 Å². The number of aryl methyl sites for hydroxylation is 1. The van der Waals surface area contributed by atoms with Gasteiger partial charge in [0.2, 0.25) is 0 Å². The number of rotatable bonds is 2. The zero-order valence-corrected chi connectivity index (χ0v) is 12.3. The second-order valence-electron chi connectivity index (χ2n) is 4.20. The molecule has 100 valence electrons. The van der Waals surface area contributed by atoms with Crippen LogP contribution in [0.15, 0.2) is 34.8 Å². The molecule has 1 atom stereocenters. The van der Waals surface area contributed by atoms with Gasteiger partial charge >= 0.3 is 0 Å². The Morgan fingerprint density at radius 1 is 1.16 bits per heavy atom. The number of halogens is 4. The van der Waals surface area contributed by atoms with Crippen LogP contribution in [0.25, 0.3) is 0 Å². The summed E-state index contributed by atoms with van der Waals surface area (Å²) in [6.45, 7) is 1.52. The Morgan fingerprint density at radius 3 is 2.47 bits per heavy atom. The molecular formula is C14H10BrClF2O. The van der Waals surface area contributed by atoms with Crippen LogP contribution in [-0.2, 0) is 0 Å². The Labute approximate surface area is 123 Å². The van der Waals surface area contributed by atoms with E-state index in [2.05, 4.69) is 15.9 Å². The van der Waals surface area contributed by atoms with Gasteiger partial charge in [0, 0.05) is 16.1 Å². The summed E-state index contributed by atoms with van der Waals surface area (Å²) in [7, 11) is 0. The van der Waals surface area contributed by atoms with Crippen LogP contribution in [0.5, 0.6) is 0 Å². The van der Waals surface area contributed by atoms with E-state index in [1.807, 2.05) is 0 Å². The summed E-state index contributed by atoms with van der Waals surface area (Å²) in [4.78, 5) is 0. The maximum absolute atomic E-state index is 13.7. The van der Waals surface area contributed by atoms with Crippen molar-refractivity contribution in [2.24, 2.45) is 0 Å². The molecule has 2 aromatic carbocycles. The van der Waals surface area contributed by atoms with Crippen molar-refractivity contribution in [1.82, 2.24) is 0 Å². The fourth-order valence-corrected chi connectivity index (χ4v) is 2.27. The van der Waals surface area contributed by atoms with E-state index < -0.39 is 17.7 Å². The molecule has 0 aliphatic carbocycles. The topological polar surface area (TPSA) is 20.2 Å². The van der Waals surface area contributed by atoms with E-state index in [0.717, 1.165) is 6.07 Å². The van der Waals surface area contributed by atoms with Gasteiger partial charge in [-0.1, -0.05) is 17.7 Å². The summed E-state index contributed by atoms with van der Waals surface area (Å²) < 4.78 is 27.5. The van der Waals surface area contributed by atoms with Crippen molar-refractivity contribution >= 4 is 27.5 Å². The number of hydrogen-bond donors (Lipinski definition) is 1. The number of aliphatic hydroxyl groups excluding tert-OH is 1. The molecule has 2 rings (SSSR count). The molecule has 1 N–H and O–H groups in total. The molecule has 0 aliphatic rings. The normalized spacial score (nSPS) is 12.5. The van der Waals surface area contributed by atoms with E-state index in [9.17, 15) is 13.9 Å². The van der Waals surface area contributed by atoms with Crippen molar-refractivity contribution < 1.29 is 13.9 Å². The lowest BCUT2D eigenvalue weighted by atomic mass is 9.99. The highest BCUT2D eigenvalue weighted by molar-refractivity contribution is 9.10. The average Bonchev–Trinajstić information content (AvgIpc) is 2.36. The maximum Gasteiger partial charge on any atom is 0.132 e. The Hall–Kier alpha value is -0.970. The second kappa shape index (κ2) is 5.57. The van der Waals surface area contributed by atoms with Crippen LogP contribution < -0.4 is 0 Å². The largest absolute Gasteiger partial charge is 0.384 e. The lowest BCUT2D eigenvalue weighted by Gasteiger charge is -2.14. The summed E-state index contributed by atoms with van der Waals surface area (Å²) in [5.74, 6) is -1.41. The van der Waals surface area contributed by atoms with Gasteiger partial charge in [-0.05, 0) is 52.2 Å². The van der Waals surface area contributed by atoms with Crippen molar-refractivity contribution in [2.45, 2.75) is 13.0 Å². The molecule has 0 aromatic heterocycles. The van der Waals surface area contributed by atoms with Crippen LogP contribution >= 0.6 is 27.5 Å². The third kappa shape index (κ3) is 2.96. The zero-order valence-electron chi connectivity index (χ0n) is 9.92. The van der Waals surface area contributed by atoms with Crippen LogP contribution in [0.3, 0.4) is 0 Å². The molecule has 1 unspecified atom stereocenters. The summed E-state index contributed by atoms with van der Waals surface area (Å²) >= 11 is 9.09. The Morgan fingerprint density at radius 2 is 1.84 bits per heavy atom. The molecule has 0 radical (unpaired) electrons. The molecule has 0 saturated carbocycles. The SMILES string of the molecule is Cc1cc(C(O)c2ccc(Cl)c(Br)c2)c(F)cc1F. The van der Waals surface area contributed by atoms with Crippen molar-refractivity contribution in [3.8, 4) is 0 Å². The van der Waals surface area contributed by atoms with Crippen LogP contribution in [0.4, 0.5) is 8.78 Å². The second-order valence-corrected chi connectivity index (χ2v) is 5.46. The predicted octanol–water partition coefficient (Wildman–Crippen LogP) is 4.77. The van der Waals surface area contributed by atoms with Gasteiger partial charge in [0.05, 0.1) is 5.02 Å². The van der Waals surface area contributed by atoms with Gasteiger partial charge in [-0.3, -0.25) is 0 Å². The van der Waals surface area contributed by atoms with Gasteiger partial charge in [-0.25, -0.2) is 8.78 Å². The monoisotopic (exact) mass is 346 g/mol. The predicted molar refractivity (Wildman–Crippen MR) is 74.3 cm³/mol. The lowest BCUT2D eigenvalue weighted by molar-refractivity contribution is 0.214. The zero-order chi connectivity index (χ0) is 14.2. The smallest absolute Gasteiger partial charge is 0.132 e. The van der Waals surface area contributed by atoms with Gasteiger partial charge in [0.15, 0.2) is 0 Å². The molecule has 0 fully saturated rings. The van der Waals surface area contributed by atoms with E-state index in [1.54, 1.807) is 18.2 Å². The minimum Gasteiger partial charge on any atom is -0.384 e. The molecular weight excluding hydrogens is 338 g/mol. The molecule has 19 heavy (non-hydrogen) atoms. The van der Waals surface area contributed by atoms with E-state index in [1.165, 1.54) is 13.0 Å². The molecule has 0 spiro atoms. The molecule has 5 heteroatoms. The summed E-state index contributed by atoms with van der Waals surface area (Å²) in [5, 5.41) is 10.7. The maximum atomic E-state index is 13.7. The first kappa shape index (κ1) is 14.4. The van der Waals surface area contributed by atoms with Crippen LogP contribution in [0, 0.1) is 18.6 Å². The number of benzene rings is 2. The van der Waals surface area contributed by atoms with Crippen LogP contribution in [-0.4, -0.2) is 5.11 Å².